The van der Waals surface area contributed by atoms with E-state index in [1.165, 1.54) is 30.7 Å². The van der Waals surface area contributed by atoms with Gasteiger partial charge in [-0.25, -0.2) is 9.37 Å². The van der Waals surface area contributed by atoms with Crippen molar-refractivity contribution in [3.8, 4) is 0 Å². The Morgan fingerprint density at radius 1 is 1.32 bits per heavy atom. The maximum Gasteiger partial charge on any atom is 0.137 e. The van der Waals surface area contributed by atoms with Gasteiger partial charge in [0.2, 0.25) is 0 Å². The summed E-state index contributed by atoms with van der Waals surface area (Å²) in [7, 11) is 0. The van der Waals surface area contributed by atoms with Crippen LogP contribution in [0.3, 0.4) is 0 Å². The van der Waals surface area contributed by atoms with E-state index in [0.717, 1.165) is 5.56 Å². The third-order valence-electron chi connectivity index (χ3n) is 2.95. The van der Waals surface area contributed by atoms with Crippen molar-refractivity contribution in [1.29, 1.82) is 0 Å². The molecule has 1 aromatic carbocycles. The van der Waals surface area contributed by atoms with Gasteiger partial charge in [-0.2, -0.15) is 0 Å². The number of halogens is 1. The van der Waals surface area contributed by atoms with Crippen molar-refractivity contribution in [3.05, 3.63) is 48.2 Å². The summed E-state index contributed by atoms with van der Waals surface area (Å²) in [6, 6.07) is 5.80. The summed E-state index contributed by atoms with van der Waals surface area (Å²) >= 11 is 1.32. The summed E-state index contributed by atoms with van der Waals surface area (Å²) in [5.41, 5.74) is 0.975. The molecule has 0 atom stereocenters. The quantitative estimate of drug-likeness (QED) is 0.910. The van der Waals surface area contributed by atoms with Crippen LogP contribution in [0.4, 0.5) is 4.39 Å². The van der Waals surface area contributed by atoms with E-state index >= 15 is 0 Å². The lowest BCUT2D eigenvalue weighted by molar-refractivity contribution is 0.589. The molecule has 0 spiro atoms. The van der Waals surface area contributed by atoms with Gasteiger partial charge >= 0.3 is 0 Å². The summed E-state index contributed by atoms with van der Waals surface area (Å²) in [6.07, 6.45) is 7.32. The molecule has 0 unspecified atom stereocenters. The van der Waals surface area contributed by atoms with Crippen molar-refractivity contribution in [1.82, 2.24) is 15.3 Å². The summed E-state index contributed by atoms with van der Waals surface area (Å²) in [5.74, 6) is -0.203. The normalized spacial score (nSPS) is 14.6. The average Bonchev–Trinajstić information content (AvgIpc) is 3.25. The van der Waals surface area contributed by atoms with Crippen LogP contribution in [-0.2, 0) is 6.54 Å². The third kappa shape index (κ3) is 3.30. The molecule has 1 aromatic heterocycles. The Morgan fingerprint density at radius 2 is 2.21 bits per heavy atom. The predicted octanol–water partition coefficient (Wildman–Crippen LogP) is 3.02. The van der Waals surface area contributed by atoms with E-state index < -0.39 is 0 Å². The average molecular weight is 275 g/mol. The molecule has 1 aliphatic carbocycles. The Balaban J connectivity index is 1.81. The maximum absolute atomic E-state index is 14.0. The van der Waals surface area contributed by atoms with Gasteiger partial charge in [-0.1, -0.05) is 23.9 Å². The summed E-state index contributed by atoms with van der Waals surface area (Å²) < 4.78 is 14.0. The van der Waals surface area contributed by atoms with E-state index in [1.54, 1.807) is 24.7 Å². The fourth-order valence-electron chi connectivity index (χ4n) is 1.79. The van der Waals surface area contributed by atoms with Gasteiger partial charge in [0.1, 0.15) is 10.8 Å². The fourth-order valence-corrected chi connectivity index (χ4v) is 2.66. The number of nitrogens with zero attached hydrogens (tertiary/aromatic N) is 2. The van der Waals surface area contributed by atoms with Crippen LogP contribution in [0, 0.1) is 5.82 Å². The molecule has 2 aromatic rings. The topological polar surface area (TPSA) is 37.8 Å². The lowest BCUT2D eigenvalue weighted by Crippen LogP contribution is -2.16. The van der Waals surface area contributed by atoms with E-state index in [0.29, 0.717) is 22.5 Å². The lowest BCUT2D eigenvalue weighted by Gasteiger charge is -2.10. The number of aromatic nitrogens is 2. The first-order chi connectivity index (χ1) is 9.33. The molecule has 1 fully saturated rings. The second-order valence-corrected chi connectivity index (χ2v) is 5.56. The molecular weight excluding hydrogens is 261 g/mol. The van der Waals surface area contributed by atoms with Gasteiger partial charge in [0.15, 0.2) is 0 Å². The summed E-state index contributed by atoms with van der Waals surface area (Å²) in [4.78, 5) is 8.82. The molecule has 3 nitrogen and oxygen atoms in total. The van der Waals surface area contributed by atoms with E-state index in [-0.39, 0.29) is 5.82 Å². The molecule has 3 rings (SSSR count). The Labute approximate surface area is 115 Å². The predicted molar refractivity (Wildman–Crippen MR) is 72.4 cm³/mol. The monoisotopic (exact) mass is 275 g/mol. The van der Waals surface area contributed by atoms with Gasteiger partial charge in [0.25, 0.3) is 0 Å². The zero-order chi connectivity index (χ0) is 13.1. The van der Waals surface area contributed by atoms with Crippen LogP contribution in [0.2, 0.25) is 0 Å². The SMILES string of the molecule is Fc1cccc(CNC2CC2)c1Sc1cnccn1. The first-order valence-corrected chi connectivity index (χ1v) is 7.09. The van der Waals surface area contributed by atoms with Crippen LogP contribution >= 0.6 is 11.8 Å². The van der Waals surface area contributed by atoms with Crippen LogP contribution in [0.5, 0.6) is 0 Å². The van der Waals surface area contributed by atoms with Crippen LogP contribution < -0.4 is 5.32 Å². The molecule has 0 bridgehead atoms. The van der Waals surface area contributed by atoms with Crippen LogP contribution in [0.1, 0.15) is 18.4 Å². The molecule has 0 radical (unpaired) electrons. The standard InChI is InChI=1S/C14H14FN3S/c15-12-3-1-2-10(8-18-11-4-5-11)14(12)19-13-9-16-6-7-17-13/h1-3,6-7,9,11,18H,4-5,8H2. The van der Waals surface area contributed by atoms with Crippen LogP contribution in [0.25, 0.3) is 0 Å². The van der Waals surface area contributed by atoms with Gasteiger partial charge in [-0.15, -0.1) is 0 Å². The number of rotatable bonds is 5. The number of hydrogen-bond acceptors (Lipinski definition) is 4. The highest BCUT2D eigenvalue weighted by atomic mass is 32.2. The molecule has 98 valence electrons. The van der Waals surface area contributed by atoms with E-state index in [4.69, 9.17) is 0 Å². The highest BCUT2D eigenvalue weighted by molar-refractivity contribution is 7.99. The number of benzene rings is 1. The summed E-state index contributed by atoms with van der Waals surface area (Å²) in [5, 5.41) is 4.12. The van der Waals surface area contributed by atoms with Gasteiger partial charge in [0.05, 0.1) is 11.1 Å². The maximum atomic E-state index is 14.0. The molecule has 5 heteroatoms. The van der Waals surface area contributed by atoms with Crippen LogP contribution in [0.15, 0.2) is 46.7 Å². The van der Waals surface area contributed by atoms with E-state index in [2.05, 4.69) is 15.3 Å². The molecule has 0 aliphatic heterocycles. The molecule has 19 heavy (non-hydrogen) atoms. The van der Waals surface area contributed by atoms with E-state index in [1.807, 2.05) is 6.07 Å². The molecular formula is C14H14FN3S. The van der Waals surface area contributed by atoms with Crippen molar-refractivity contribution in [2.75, 3.05) is 0 Å². The molecule has 1 saturated carbocycles. The fraction of sp³-hybridized carbons (Fsp3) is 0.286. The van der Waals surface area contributed by atoms with E-state index in [9.17, 15) is 4.39 Å². The lowest BCUT2D eigenvalue weighted by atomic mass is 10.2. The second kappa shape index (κ2) is 5.67. The van der Waals surface area contributed by atoms with Gasteiger partial charge in [-0.3, -0.25) is 4.98 Å². The minimum absolute atomic E-state index is 0.203. The first-order valence-electron chi connectivity index (χ1n) is 6.27. The van der Waals surface area contributed by atoms with Crippen molar-refractivity contribution >= 4 is 11.8 Å². The first kappa shape index (κ1) is 12.6. The zero-order valence-corrected chi connectivity index (χ0v) is 11.2. The highest BCUT2D eigenvalue weighted by Gasteiger charge is 2.21. The highest BCUT2D eigenvalue weighted by Crippen LogP contribution is 2.31. The number of nitrogens with one attached hydrogen (secondary N) is 1. The Kier molecular flexibility index (Phi) is 3.75. The number of hydrogen-bond donors (Lipinski definition) is 1. The smallest absolute Gasteiger partial charge is 0.137 e. The Bertz CT molecular complexity index is 558. The molecule has 0 amide bonds. The van der Waals surface area contributed by atoms with Gasteiger partial charge in [0, 0.05) is 25.0 Å². The van der Waals surface area contributed by atoms with Gasteiger partial charge in [-0.05, 0) is 24.5 Å². The molecule has 0 saturated heterocycles. The van der Waals surface area contributed by atoms with Crippen molar-refractivity contribution in [2.45, 2.75) is 35.3 Å². The third-order valence-corrected chi connectivity index (χ3v) is 4.03. The van der Waals surface area contributed by atoms with Crippen molar-refractivity contribution in [2.24, 2.45) is 0 Å². The van der Waals surface area contributed by atoms with Crippen molar-refractivity contribution < 1.29 is 4.39 Å². The molecule has 1 heterocycles. The minimum Gasteiger partial charge on any atom is -0.310 e. The van der Waals surface area contributed by atoms with Crippen LogP contribution in [-0.4, -0.2) is 16.0 Å². The Hall–Kier alpha value is -1.46. The zero-order valence-electron chi connectivity index (χ0n) is 10.3. The molecule has 1 N–H and O–H groups in total. The molecule has 1 aliphatic rings. The van der Waals surface area contributed by atoms with Gasteiger partial charge < -0.3 is 5.32 Å². The minimum atomic E-state index is -0.203. The van der Waals surface area contributed by atoms with Crippen molar-refractivity contribution in [3.63, 3.8) is 0 Å². The second-order valence-electron chi connectivity index (χ2n) is 4.53. The summed E-state index contributed by atoms with van der Waals surface area (Å²) in [6.45, 7) is 0.699. The Morgan fingerprint density at radius 3 is 2.95 bits per heavy atom. The largest absolute Gasteiger partial charge is 0.310 e.